The van der Waals surface area contributed by atoms with E-state index in [0.29, 0.717) is 0 Å². The van der Waals surface area contributed by atoms with E-state index in [2.05, 4.69) is 5.32 Å². The first-order valence-corrected chi connectivity index (χ1v) is 10.1. The summed E-state index contributed by atoms with van der Waals surface area (Å²) in [6, 6.07) is -0.996. The van der Waals surface area contributed by atoms with Gasteiger partial charge in [-0.15, -0.1) is 11.8 Å². The first-order chi connectivity index (χ1) is 11.5. The summed E-state index contributed by atoms with van der Waals surface area (Å²) in [7, 11) is -3.54. The molecule has 12 heteroatoms. The zero-order valence-electron chi connectivity index (χ0n) is 13.3. The first-order valence-electron chi connectivity index (χ1n) is 7.01. The molecule has 0 aromatic carbocycles. The van der Waals surface area contributed by atoms with Crippen molar-refractivity contribution in [2.24, 2.45) is 0 Å². The molecule has 0 spiro atoms. The summed E-state index contributed by atoms with van der Waals surface area (Å²) in [5, 5.41) is 11.0. The number of amides is 2. The van der Waals surface area contributed by atoms with Crippen molar-refractivity contribution in [3.63, 3.8) is 0 Å². The van der Waals surface area contributed by atoms with Crippen LogP contribution in [0.2, 0.25) is 0 Å². The van der Waals surface area contributed by atoms with Crippen molar-refractivity contribution in [2.45, 2.75) is 18.3 Å². The van der Waals surface area contributed by atoms with Crippen molar-refractivity contribution < 1.29 is 37.4 Å². The lowest BCUT2D eigenvalue weighted by Gasteiger charge is -2.49. The molecule has 0 aromatic rings. The molecular formula is C13H16N2O8S2. The van der Waals surface area contributed by atoms with Crippen molar-refractivity contribution in [3.05, 3.63) is 11.3 Å². The maximum atomic E-state index is 12.2. The fraction of sp³-hybridized carbons (Fsp3) is 0.538. The van der Waals surface area contributed by atoms with Gasteiger partial charge in [-0.05, 0) is 0 Å². The molecule has 2 heterocycles. The Labute approximate surface area is 147 Å². The van der Waals surface area contributed by atoms with E-state index in [4.69, 9.17) is 4.74 Å². The first kappa shape index (κ1) is 19.2. The summed E-state index contributed by atoms with van der Waals surface area (Å²) >= 11 is 1.19. The van der Waals surface area contributed by atoms with E-state index < -0.39 is 50.8 Å². The molecule has 0 aromatic heterocycles. The molecule has 25 heavy (non-hydrogen) atoms. The minimum Gasteiger partial charge on any atom is -0.477 e. The van der Waals surface area contributed by atoms with Crippen LogP contribution in [-0.4, -0.2) is 78.0 Å². The second kappa shape index (κ2) is 7.04. The number of β-lactam (4-membered cyclic amide) rings is 1. The van der Waals surface area contributed by atoms with Crippen molar-refractivity contribution >= 4 is 45.4 Å². The number of hydrogen-bond acceptors (Lipinski definition) is 8. The predicted octanol–water partition coefficient (Wildman–Crippen LogP) is -1.67. The zero-order chi connectivity index (χ0) is 18.9. The highest BCUT2D eigenvalue weighted by Crippen LogP contribution is 2.40. The van der Waals surface area contributed by atoms with Crippen LogP contribution in [0.25, 0.3) is 0 Å². The van der Waals surface area contributed by atoms with Gasteiger partial charge in [0.25, 0.3) is 5.91 Å². The van der Waals surface area contributed by atoms with Gasteiger partial charge in [-0.25, -0.2) is 13.2 Å². The highest BCUT2D eigenvalue weighted by atomic mass is 32.2. The van der Waals surface area contributed by atoms with Gasteiger partial charge in [-0.2, -0.15) is 0 Å². The summed E-state index contributed by atoms with van der Waals surface area (Å²) in [6.07, 6.45) is 0.892. The van der Waals surface area contributed by atoms with Gasteiger partial charge in [0.05, 0.1) is 0 Å². The monoisotopic (exact) mass is 392 g/mol. The maximum absolute atomic E-state index is 12.2. The molecule has 0 bridgehead atoms. The van der Waals surface area contributed by atoms with Gasteiger partial charge in [-0.1, -0.05) is 0 Å². The zero-order valence-corrected chi connectivity index (χ0v) is 15.0. The molecule has 2 aliphatic heterocycles. The Hall–Kier alpha value is -2.08. The number of carboxylic acids is 1. The lowest BCUT2D eigenvalue weighted by molar-refractivity contribution is -0.150. The van der Waals surface area contributed by atoms with Crippen LogP contribution in [0.15, 0.2) is 11.3 Å². The number of thioether (sulfide) groups is 1. The summed E-state index contributed by atoms with van der Waals surface area (Å²) in [5.74, 6) is -3.97. The Morgan fingerprint density at radius 3 is 2.56 bits per heavy atom. The topological polar surface area (TPSA) is 147 Å². The molecule has 0 radical (unpaired) electrons. The van der Waals surface area contributed by atoms with Crippen LogP contribution in [0, 0.1) is 0 Å². The number of esters is 1. The minimum absolute atomic E-state index is 0.196. The van der Waals surface area contributed by atoms with Crippen LogP contribution >= 0.6 is 11.8 Å². The molecule has 2 aliphatic rings. The number of sulfone groups is 1. The quantitative estimate of drug-likeness (QED) is 0.400. The van der Waals surface area contributed by atoms with Crippen LogP contribution in [0.4, 0.5) is 0 Å². The highest BCUT2D eigenvalue weighted by molar-refractivity contribution is 8.00. The number of ether oxygens (including phenoxy) is 1. The number of carbonyl (C=O) groups excluding carboxylic acids is 3. The number of carboxylic acid groups (broad SMARTS) is 1. The van der Waals surface area contributed by atoms with E-state index in [0.717, 1.165) is 11.2 Å². The fourth-order valence-corrected chi connectivity index (χ4v) is 4.32. The normalized spacial score (nSPS) is 22.8. The number of rotatable bonds is 6. The summed E-state index contributed by atoms with van der Waals surface area (Å²) in [5.41, 5.74) is 0.00169. The average Bonchev–Trinajstić information content (AvgIpc) is 2.47. The molecule has 2 amide bonds. The van der Waals surface area contributed by atoms with Crippen LogP contribution in [0.5, 0.6) is 0 Å². The molecule has 2 rings (SSSR count). The third-order valence-electron chi connectivity index (χ3n) is 3.41. The van der Waals surface area contributed by atoms with E-state index in [-0.39, 0.29) is 23.6 Å². The van der Waals surface area contributed by atoms with Crippen molar-refractivity contribution in [2.75, 3.05) is 24.4 Å². The number of carbonyl (C=O) groups is 4. The van der Waals surface area contributed by atoms with Crippen LogP contribution < -0.4 is 5.32 Å². The molecule has 2 atom stereocenters. The second-order valence-corrected chi connectivity index (χ2v) is 8.81. The second-order valence-electron chi connectivity index (χ2n) is 5.56. The third-order valence-corrected chi connectivity index (χ3v) is 5.54. The predicted molar refractivity (Wildman–Crippen MR) is 86.0 cm³/mol. The van der Waals surface area contributed by atoms with E-state index >= 15 is 0 Å². The van der Waals surface area contributed by atoms with Gasteiger partial charge in [0, 0.05) is 24.5 Å². The standard InChI is InChI=1S/C13H16N2O8S2/c1-6(16)23-3-7-4-24-12-9(14-8(17)5-25(2,21)22)11(18)15(12)10(7)13(19)20/h9,12H,3-5H2,1-2H3,(H,14,17)(H,19,20)/t9-,12-/m1/s1. The third kappa shape index (κ3) is 4.31. The Bertz CT molecular complexity index is 773. The van der Waals surface area contributed by atoms with Crippen LogP contribution in [0.3, 0.4) is 0 Å². The van der Waals surface area contributed by atoms with E-state index in [1.54, 1.807) is 0 Å². The fourth-order valence-electron chi connectivity index (χ4n) is 2.44. The Kier molecular flexibility index (Phi) is 5.42. The molecule has 1 saturated heterocycles. The Balaban J connectivity index is 2.14. The summed E-state index contributed by atoms with van der Waals surface area (Å²) < 4.78 is 27.0. The number of fused-ring (bicyclic) bond motifs is 1. The number of nitrogens with one attached hydrogen (secondary N) is 1. The molecule has 1 fully saturated rings. The van der Waals surface area contributed by atoms with Crippen molar-refractivity contribution in [1.29, 1.82) is 0 Å². The number of nitrogens with zero attached hydrogens (tertiary/aromatic N) is 1. The van der Waals surface area contributed by atoms with E-state index in [1.807, 2.05) is 0 Å². The molecule has 2 N–H and O–H groups in total. The molecule has 10 nitrogen and oxygen atoms in total. The van der Waals surface area contributed by atoms with Gasteiger partial charge >= 0.3 is 11.9 Å². The molecule has 0 saturated carbocycles. The summed E-state index contributed by atoms with van der Waals surface area (Å²) in [6.45, 7) is 0.938. The van der Waals surface area contributed by atoms with Crippen LogP contribution in [0.1, 0.15) is 6.92 Å². The van der Waals surface area contributed by atoms with Gasteiger partial charge in [0.15, 0.2) is 9.84 Å². The average molecular weight is 392 g/mol. The molecule has 138 valence electrons. The van der Waals surface area contributed by atoms with Crippen molar-refractivity contribution in [1.82, 2.24) is 10.2 Å². The van der Waals surface area contributed by atoms with Gasteiger partial charge in [-0.3, -0.25) is 19.3 Å². The number of aliphatic carboxylic acids is 1. The Morgan fingerprint density at radius 2 is 2.04 bits per heavy atom. The maximum Gasteiger partial charge on any atom is 0.352 e. The SMILES string of the molecule is CC(=O)OCC1=C(C(=O)O)N2C(=O)[C@@H](NC(=O)CS(C)(=O)=O)[C@H]2SC1. The van der Waals surface area contributed by atoms with Gasteiger partial charge in [0.1, 0.15) is 29.5 Å². The molecule has 0 aliphatic carbocycles. The van der Waals surface area contributed by atoms with E-state index in [1.165, 1.54) is 18.7 Å². The van der Waals surface area contributed by atoms with E-state index in [9.17, 15) is 32.7 Å². The van der Waals surface area contributed by atoms with Crippen LogP contribution in [-0.2, 0) is 33.8 Å². The summed E-state index contributed by atoms with van der Waals surface area (Å²) in [4.78, 5) is 47.3. The minimum atomic E-state index is -3.54. The molecule has 0 unspecified atom stereocenters. The van der Waals surface area contributed by atoms with Gasteiger partial charge < -0.3 is 15.2 Å². The molecular weight excluding hydrogens is 376 g/mol. The Morgan fingerprint density at radius 1 is 1.40 bits per heavy atom. The lowest BCUT2D eigenvalue weighted by Crippen LogP contribution is -2.71. The van der Waals surface area contributed by atoms with Gasteiger partial charge in [0.2, 0.25) is 5.91 Å². The highest BCUT2D eigenvalue weighted by Gasteiger charge is 2.54. The largest absolute Gasteiger partial charge is 0.477 e. The van der Waals surface area contributed by atoms with Crippen molar-refractivity contribution in [3.8, 4) is 0 Å². The lowest BCUT2D eigenvalue weighted by atomic mass is 10.0. The smallest absolute Gasteiger partial charge is 0.352 e. The number of hydrogen-bond donors (Lipinski definition) is 2.